The van der Waals surface area contributed by atoms with E-state index in [2.05, 4.69) is 0 Å². The molecule has 2 nitrogen and oxygen atoms in total. The zero-order chi connectivity index (χ0) is 23.6. The van der Waals surface area contributed by atoms with Gasteiger partial charge in [0.25, 0.3) is 0 Å². The molecule has 0 unspecified atom stereocenters. The molecule has 0 aliphatic rings. The molecule has 0 saturated carbocycles. The van der Waals surface area contributed by atoms with Gasteiger partial charge in [0.1, 0.15) is 5.97 Å². The molecule has 0 aromatic heterocycles. The van der Waals surface area contributed by atoms with Crippen molar-refractivity contribution in [1.82, 2.24) is 0 Å². The molecule has 0 heterocycles. The van der Waals surface area contributed by atoms with E-state index in [1.807, 2.05) is 0 Å². The number of hydrogen-bond acceptors (Lipinski definition) is 2. The highest BCUT2D eigenvalue weighted by molar-refractivity contribution is 5.75. The number of rotatable bonds is 7. The van der Waals surface area contributed by atoms with Gasteiger partial charge < -0.3 is 9.90 Å². The number of carboxylic acid groups (broad SMARTS) is 1. The quantitative estimate of drug-likeness (QED) is 0.540. The lowest BCUT2D eigenvalue weighted by molar-refractivity contribution is -0.463. The molecule has 0 radical (unpaired) electrons. The van der Waals surface area contributed by atoms with E-state index in [9.17, 15) is 84.5 Å². The van der Waals surface area contributed by atoms with Gasteiger partial charge >= 0.3 is 47.6 Å². The third kappa shape index (κ3) is 2.91. The van der Waals surface area contributed by atoms with E-state index < -0.39 is 53.6 Å². The zero-order valence-electron chi connectivity index (χ0n) is 11.7. The number of halogens is 17. The predicted molar refractivity (Wildman–Crippen MR) is 45.7 cm³/mol. The maximum atomic E-state index is 13.0. The second-order valence-electron chi connectivity index (χ2n) is 4.81. The predicted octanol–water partition coefficient (Wildman–Crippen LogP) is 3.75. The molecule has 0 spiro atoms. The van der Waals surface area contributed by atoms with Crippen LogP contribution in [0.2, 0.25) is 0 Å². The highest BCUT2D eigenvalue weighted by Gasteiger charge is 2.95. The average molecular weight is 463 g/mol. The monoisotopic (exact) mass is 463 g/mol. The topological polar surface area (TPSA) is 40.1 Å². The first-order valence-electron chi connectivity index (χ1n) is 5.62. The molecule has 0 atom stereocenters. The van der Waals surface area contributed by atoms with Crippen molar-refractivity contribution in [2.45, 2.75) is 47.6 Å². The van der Waals surface area contributed by atoms with Crippen molar-refractivity contribution in [2.75, 3.05) is 0 Å². The standard InChI is InChI=1S/C9HF17O2/c10-2(11,1(27)28)3(12,13)4(14,15)5(16,17)6(18,19)7(20,21)8(22,23)9(24,25)26/h(H,27,28)/p-1. The fourth-order valence-corrected chi connectivity index (χ4v) is 1.29. The SMILES string of the molecule is O=C([O-])C(F)(F)C(F)(F)C(F)(F)C(F)(F)C(F)(F)C(F)(F)C(F)(F)C(F)(F)F. The fourth-order valence-electron chi connectivity index (χ4n) is 1.29. The van der Waals surface area contributed by atoms with Crippen molar-refractivity contribution in [1.29, 1.82) is 0 Å². The molecule has 0 amide bonds. The Labute approximate surface area is 139 Å². The van der Waals surface area contributed by atoms with Gasteiger partial charge in [-0.3, -0.25) is 0 Å². The molecule has 28 heavy (non-hydrogen) atoms. The minimum atomic E-state index is -8.79. The minimum Gasteiger partial charge on any atom is -0.544 e. The summed E-state index contributed by atoms with van der Waals surface area (Å²) in [5, 5.41) is 9.65. The smallest absolute Gasteiger partial charge is 0.460 e. The van der Waals surface area contributed by atoms with E-state index in [1.54, 1.807) is 0 Å². The summed E-state index contributed by atoms with van der Waals surface area (Å²) in [6, 6.07) is 0. The second kappa shape index (κ2) is 6.14. The maximum absolute atomic E-state index is 13.0. The van der Waals surface area contributed by atoms with Crippen LogP contribution in [0, 0.1) is 0 Å². The van der Waals surface area contributed by atoms with Crippen LogP contribution in [0.1, 0.15) is 0 Å². The van der Waals surface area contributed by atoms with Gasteiger partial charge in [0.15, 0.2) is 0 Å². The Kier molecular flexibility index (Phi) is 5.76. The van der Waals surface area contributed by atoms with Crippen LogP contribution < -0.4 is 5.11 Å². The lowest BCUT2D eigenvalue weighted by Crippen LogP contribution is -2.75. The van der Waals surface area contributed by atoms with Gasteiger partial charge in [-0.1, -0.05) is 0 Å². The summed E-state index contributed by atoms with van der Waals surface area (Å²) >= 11 is 0. The lowest BCUT2D eigenvalue weighted by Gasteiger charge is -2.42. The Hall–Kier alpha value is -1.72. The van der Waals surface area contributed by atoms with Crippen molar-refractivity contribution in [2.24, 2.45) is 0 Å². The first-order valence-corrected chi connectivity index (χ1v) is 5.62. The Balaban J connectivity index is 6.76. The third-order valence-corrected chi connectivity index (χ3v) is 2.98. The average Bonchev–Trinajstić information content (AvgIpc) is 2.44. The van der Waals surface area contributed by atoms with E-state index in [1.165, 1.54) is 0 Å². The molecular weight excluding hydrogens is 463 g/mol. The van der Waals surface area contributed by atoms with Crippen molar-refractivity contribution >= 4 is 5.97 Å². The molecule has 0 aromatic rings. The first-order chi connectivity index (χ1) is 11.7. The summed E-state index contributed by atoms with van der Waals surface area (Å²) in [7, 11) is 0. The lowest BCUT2D eigenvalue weighted by atomic mass is 9.89. The van der Waals surface area contributed by atoms with Crippen LogP contribution in [0.5, 0.6) is 0 Å². The molecule has 168 valence electrons. The highest BCUT2D eigenvalue weighted by Crippen LogP contribution is 2.63. The number of carbonyl (C=O) groups excluding carboxylic acids is 1. The molecule has 0 saturated heterocycles. The van der Waals surface area contributed by atoms with Gasteiger partial charge in [-0.2, -0.15) is 74.6 Å². The van der Waals surface area contributed by atoms with Crippen LogP contribution in [0.25, 0.3) is 0 Å². The van der Waals surface area contributed by atoms with Crippen LogP contribution in [-0.2, 0) is 4.79 Å². The molecule has 0 aromatic carbocycles. The van der Waals surface area contributed by atoms with Crippen molar-refractivity contribution < 1.29 is 84.5 Å². The third-order valence-electron chi connectivity index (χ3n) is 2.98. The van der Waals surface area contributed by atoms with Gasteiger partial charge in [-0.25, -0.2) is 0 Å². The van der Waals surface area contributed by atoms with Crippen LogP contribution >= 0.6 is 0 Å². The van der Waals surface area contributed by atoms with Crippen molar-refractivity contribution in [3.05, 3.63) is 0 Å². The van der Waals surface area contributed by atoms with E-state index in [4.69, 9.17) is 0 Å². The van der Waals surface area contributed by atoms with Gasteiger partial charge in [0.2, 0.25) is 0 Å². The van der Waals surface area contributed by atoms with Gasteiger partial charge in [0, 0.05) is 0 Å². The van der Waals surface area contributed by atoms with E-state index in [0.717, 1.165) is 0 Å². The van der Waals surface area contributed by atoms with Gasteiger partial charge in [-0.15, -0.1) is 0 Å². The van der Waals surface area contributed by atoms with E-state index in [-0.39, 0.29) is 0 Å². The summed E-state index contributed by atoms with van der Waals surface area (Å²) in [5.74, 6) is -63.5. The summed E-state index contributed by atoms with van der Waals surface area (Å²) in [6.45, 7) is 0. The largest absolute Gasteiger partial charge is 0.544 e. The molecule has 0 fully saturated rings. The van der Waals surface area contributed by atoms with Crippen molar-refractivity contribution in [3.8, 4) is 0 Å². The van der Waals surface area contributed by atoms with Gasteiger partial charge in [-0.05, 0) is 0 Å². The van der Waals surface area contributed by atoms with Gasteiger partial charge in [0.05, 0.1) is 0 Å². The fraction of sp³-hybridized carbons (Fsp3) is 0.889. The number of hydrogen-bond donors (Lipinski definition) is 0. The molecule has 19 heteroatoms. The molecule has 0 aliphatic heterocycles. The van der Waals surface area contributed by atoms with E-state index >= 15 is 0 Å². The molecule has 0 N–H and O–H groups in total. The van der Waals surface area contributed by atoms with Crippen molar-refractivity contribution in [3.63, 3.8) is 0 Å². The molecular formula is C9F17O2-. The number of carboxylic acids is 1. The summed E-state index contributed by atoms with van der Waals surface area (Å²) in [6.07, 6.45) is -7.84. The number of aliphatic carboxylic acids is 1. The maximum Gasteiger partial charge on any atom is 0.460 e. The highest BCUT2D eigenvalue weighted by atomic mass is 19.4. The second-order valence-corrected chi connectivity index (χ2v) is 4.81. The summed E-state index contributed by atoms with van der Waals surface area (Å²) in [5.41, 5.74) is 0. The molecule has 0 aliphatic carbocycles. The molecule has 0 bridgehead atoms. The first kappa shape index (κ1) is 26.3. The zero-order valence-corrected chi connectivity index (χ0v) is 11.7. The Bertz CT molecular complexity index is 615. The minimum absolute atomic E-state index is 4.64. The van der Waals surface area contributed by atoms with Crippen LogP contribution in [0.15, 0.2) is 0 Å². The number of alkyl halides is 17. The normalized spacial score (nSPS) is 16.3. The Morgan fingerprint density at radius 2 is 0.643 bits per heavy atom. The molecule has 0 rings (SSSR count). The van der Waals surface area contributed by atoms with Crippen LogP contribution in [-0.4, -0.2) is 53.6 Å². The van der Waals surface area contributed by atoms with E-state index in [0.29, 0.717) is 0 Å². The summed E-state index contributed by atoms with van der Waals surface area (Å²) < 4.78 is 214. The van der Waals surface area contributed by atoms with Crippen LogP contribution in [0.3, 0.4) is 0 Å². The summed E-state index contributed by atoms with van der Waals surface area (Å²) in [4.78, 5) is 9.65. The number of carbonyl (C=O) groups is 1. The Morgan fingerprint density at radius 3 is 0.857 bits per heavy atom. The Morgan fingerprint density at radius 1 is 0.429 bits per heavy atom. The van der Waals surface area contributed by atoms with Crippen LogP contribution in [0.4, 0.5) is 74.6 Å².